The molecule has 4 nitrogen and oxygen atoms in total. The van der Waals surface area contributed by atoms with Crippen LogP contribution in [0.1, 0.15) is 24.1 Å². The van der Waals surface area contributed by atoms with Gasteiger partial charge in [0.1, 0.15) is 5.82 Å². The van der Waals surface area contributed by atoms with E-state index < -0.39 is 0 Å². The predicted octanol–water partition coefficient (Wildman–Crippen LogP) is 2.40. The Balaban J connectivity index is 0.000000367. The van der Waals surface area contributed by atoms with Crippen LogP contribution < -0.4 is 5.73 Å². The van der Waals surface area contributed by atoms with Gasteiger partial charge in [0.2, 0.25) is 0 Å². The summed E-state index contributed by atoms with van der Waals surface area (Å²) in [5.41, 5.74) is 8.61. The van der Waals surface area contributed by atoms with Gasteiger partial charge in [-0.05, 0) is 36.6 Å². The summed E-state index contributed by atoms with van der Waals surface area (Å²) in [7, 11) is 0. The fourth-order valence-corrected chi connectivity index (χ4v) is 2.48. The smallest absolute Gasteiger partial charge is 0.290 e. The first-order chi connectivity index (χ1) is 8.77. The van der Waals surface area contributed by atoms with E-state index in [2.05, 4.69) is 23.2 Å². The molecule has 0 fully saturated rings. The van der Waals surface area contributed by atoms with Crippen molar-refractivity contribution in [3.05, 3.63) is 35.5 Å². The molecule has 0 unspecified atom stereocenters. The van der Waals surface area contributed by atoms with E-state index in [1.165, 1.54) is 29.5 Å². The zero-order valence-electron chi connectivity index (χ0n) is 10.1. The lowest BCUT2D eigenvalue weighted by Crippen LogP contribution is -2.08. The zero-order valence-corrected chi connectivity index (χ0v) is 10.1. The molecule has 2 aromatic rings. The van der Waals surface area contributed by atoms with E-state index in [4.69, 9.17) is 15.6 Å². The molecule has 4 heteroatoms. The van der Waals surface area contributed by atoms with Crippen LogP contribution in [0.5, 0.6) is 0 Å². The fourth-order valence-electron chi connectivity index (χ4n) is 2.48. The van der Waals surface area contributed by atoms with Crippen LogP contribution in [-0.4, -0.2) is 16.6 Å². The standard InChI is InChI=1S/C13H14N2.CH2O2/c14-13-11-7-2-1-5-9(11)10-6-3-4-8-12(10)15-13;2-1-3/h1-2,5,7H,3-4,6,8H2,(H2,14,15);1H,(H,2,3). The van der Waals surface area contributed by atoms with E-state index in [0.717, 1.165) is 18.2 Å². The largest absolute Gasteiger partial charge is 0.483 e. The molecular weight excluding hydrogens is 228 g/mol. The molecule has 3 N–H and O–H groups in total. The summed E-state index contributed by atoms with van der Waals surface area (Å²) in [6, 6.07) is 8.33. The molecule has 0 spiro atoms. The van der Waals surface area contributed by atoms with E-state index in [9.17, 15) is 0 Å². The summed E-state index contributed by atoms with van der Waals surface area (Å²) in [5, 5.41) is 9.30. The zero-order chi connectivity index (χ0) is 13.0. The third-order valence-corrected chi connectivity index (χ3v) is 3.22. The van der Waals surface area contributed by atoms with Gasteiger partial charge in [-0.2, -0.15) is 0 Å². The molecule has 94 valence electrons. The van der Waals surface area contributed by atoms with Gasteiger partial charge in [-0.1, -0.05) is 24.3 Å². The van der Waals surface area contributed by atoms with Crippen LogP contribution in [0, 0.1) is 0 Å². The third kappa shape index (κ3) is 2.27. The summed E-state index contributed by atoms with van der Waals surface area (Å²) in [5.74, 6) is 0.686. The number of carbonyl (C=O) groups is 1. The summed E-state index contributed by atoms with van der Waals surface area (Å²) >= 11 is 0. The molecule has 1 heterocycles. The first-order valence-electron chi connectivity index (χ1n) is 6.01. The summed E-state index contributed by atoms with van der Waals surface area (Å²) in [4.78, 5) is 12.9. The van der Waals surface area contributed by atoms with Crippen LogP contribution in [0.25, 0.3) is 10.8 Å². The molecule has 0 saturated heterocycles. The van der Waals surface area contributed by atoms with Gasteiger partial charge in [-0.25, -0.2) is 4.98 Å². The van der Waals surface area contributed by atoms with Crippen molar-refractivity contribution < 1.29 is 9.90 Å². The lowest BCUT2D eigenvalue weighted by molar-refractivity contribution is -0.122. The predicted molar refractivity (Wildman–Crippen MR) is 71.5 cm³/mol. The summed E-state index contributed by atoms with van der Waals surface area (Å²) in [6.45, 7) is -0.250. The SMILES string of the molecule is Nc1nc2c(c3ccccc13)CCCC2.O=CO. The number of hydrogen-bond donors (Lipinski definition) is 2. The average Bonchev–Trinajstić information content (AvgIpc) is 2.40. The Labute approximate surface area is 105 Å². The topological polar surface area (TPSA) is 76.2 Å². The van der Waals surface area contributed by atoms with Crippen molar-refractivity contribution in [3.63, 3.8) is 0 Å². The van der Waals surface area contributed by atoms with Crippen molar-refractivity contribution in [1.29, 1.82) is 0 Å². The third-order valence-electron chi connectivity index (χ3n) is 3.22. The number of nitrogens with zero attached hydrogens (tertiary/aromatic N) is 1. The lowest BCUT2D eigenvalue weighted by Gasteiger charge is -2.17. The second-order valence-electron chi connectivity index (χ2n) is 4.28. The molecule has 0 aliphatic heterocycles. The van der Waals surface area contributed by atoms with Crippen molar-refractivity contribution in [1.82, 2.24) is 4.98 Å². The van der Waals surface area contributed by atoms with Crippen LogP contribution in [0.15, 0.2) is 24.3 Å². The molecule has 3 rings (SSSR count). The van der Waals surface area contributed by atoms with Crippen molar-refractivity contribution in [3.8, 4) is 0 Å². The molecule has 0 amide bonds. The van der Waals surface area contributed by atoms with Gasteiger partial charge in [0.25, 0.3) is 6.47 Å². The van der Waals surface area contributed by atoms with Crippen LogP contribution in [0.2, 0.25) is 0 Å². The Morgan fingerprint density at radius 2 is 1.78 bits per heavy atom. The highest BCUT2D eigenvalue weighted by molar-refractivity contribution is 5.93. The van der Waals surface area contributed by atoms with E-state index in [-0.39, 0.29) is 6.47 Å². The van der Waals surface area contributed by atoms with Crippen molar-refractivity contribution in [2.24, 2.45) is 0 Å². The van der Waals surface area contributed by atoms with Crippen LogP contribution in [-0.2, 0) is 17.6 Å². The molecular formula is C14H16N2O2. The Hall–Kier alpha value is -2.10. The highest BCUT2D eigenvalue weighted by Gasteiger charge is 2.15. The number of carboxylic acid groups (broad SMARTS) is 1. The molecule has 1 aliphatic carbocycles. The van der Waals surface area contributed by atoms with E-state index in [1.807, 2.05) is 6.07 Å². The average molecular weight is 244 g/mol. The first-order valence-corrected chi connectivity index (χ1v) is 6.01. The first kappa shape index (κ1) is 12.4. The maximum absolute atomic E-state index is 8.36. The molecule has 18 heavy (non-hydrogen) atoms. The number of pyridine rings is 1. The normalized spacial score (nSPS) is 13.3. The Morgan fingerprint density at radius 1 is 1.17 bits per heavy atom. The Bertz CT molecular complexity index is 567. The lowest BCUT2D eigenvalue weighted by atomic mass is 9.92. The second-order valence-corrected chi connectivity index (χ2v) is 4.28. The fraction of sp³-hybridized carbons (Fsp3) is 0.286. The molecule has 0 bridgehead atoms. The Kier molecular flexibility index (Phi) is 3.77. The number of anilines is 1. The number of aryl methyl sites for hydroxylation is 2. The minimum Gasteiger partial charge on any atom is -0.483 e. The molecule has 0 radical (unpaired) electrons. The van der Waals surface area contributed by atoms with Crippen LogP contribution in [0.4, 0.5) is 5.82 Å². The minimum atomic E-state index is -0.250. The molecule has 1 aromatic carbocycles. The van der Waals surface area contributed by atoms with Gasteiger partial charge in [-0.15, -0.1) is 0 Å². The van der Waals surface area contributed by atoms with Crippen LogP contribution >= 0.6 is 0 Å². The van der Waals surface area contributed by atoms with Gasteiger partial charge in [0.15, 0.2) is 0 Å². The number of hydrogen-bond acceptors (Lipinski definition) is 3. The molecule has 1 aromatic heterocycles. The van der Waals surface area contributed by atoms with Crippen molar-refractivity contribution >= 4 is 23.1 Å². The summed E-state index contributed by atoms with van der Waals surface area (Å²) < 4.78 is 0. The molecule has 0 saturated carbocycles. The number of aromatic nitrogens is 1. The van der Waals surface area contributed by atoms with Crippen molar-refractivity contribution in [2.45, 2.75) is 25.7 Å². The highest BCUT2D eigenvalue weighted by Crippen LogP contribution is 2.30. The van der Waals surface area contributed by atoms with Gasteiger partial charge < -0.3 is 10.8 Å². The maximum atomic E-state index is 8.36. The summed E-state index contributed by atoms with van der Waals surface area (Å²) in [6.07, 6.45) is 4.77. The molecule has 1 aliphatic rings. The van der Waals surface area contributed by atoms with Gasteiger partial charge in [0.05, 0.1) is 0 Å². The van der Waals surface area contributed by atoms with Gasteiger partial charge in [0, 0.05) is 11.1 Å². The molecule has 0 atom stereocenters. The van der Waals surface area contributed by atoms with E-state index in [1.54, 1.807) is 0 Å². The van der Waals surface area contributed by atoms with E-state index in [0.29, 0.717) is 5.82 Å². The number of nitrogens with two attached hydrogens (primary N) is 1. The van der Waals surface area contributed by atoms with Gasteiger partial charge >= 0.3 is 0 Å². The maximum Gasteiger partial charge on any atom is 0.290 e. The number of nitrogen functional groups attached to an aromatic ring is 1. The highest BCUT2D eigenvalue weighted by atomic mass is 16.3. The van der Waals surface area contributed by atoms with E-state index >= 15 is 0 Å². The minimum absolute atomic E-state index is 0.250. The second kappa shape index (κ2) is 5.49. The number of benzene rings is 1. The quantitative estimate of drug-likeness (QED) is 0.698. The number of rotatable bonds is 0. The van der Waals surface area contributed by atoms with Crippen molar-refractivity contribution in [2.75, 3.05) is 5.73 Å². The van der Waals surface area contributed by atoms with Crippen LogP contribution in [0.3, 0.4) is 0 Å². The number of fused-ring (bicyclic) bond motifs is 3. The van der Waals surface area contributed by atoms with Gasteiger partial charge in [-0.3, -0.25) is 4.79 Å². The Morgan fingerprint density at radius 3 is 2.50 bits per heavy atom. The monoisotopic (exact) mass is 244 g/mol.